The number of phosphoric ester groups is 1. The molecule has 0 fully saturated rings. The molecule has 0 bridgehead atoms. The molecular weight excluding hydrogens is 750 g/mol. The van der Waals surface area contributed by atoms with E-state index in [9.17, 15) is 19.0 Å². The zero-order chi connectivity index (χ0) is 42.8. The van der Waals surface area contributed by atoms with Gasteiger partial charge in [-0.05, 0) is 83.5 Å². The number of hydrogen-bond donors (Lipinski definition) is 1. The van der Waals surface area contributed by atoms with Crippen LogP contribution in [-0.4, -0.2) is 74.9 Å². The van der Waals surface area contributed by atoms with Crippen molar-refractivity contribution in [3.8, 4) is 0 Å². The van der Waals surface area contributed by atoms with E-state index < -0.39 is 32.5 Å². The van der Waals surface area contributed by atoms with Gasteiger partial charge in [0.1, 0.15) is 19.8 Å². The van der Waals surface area contributed by atoms with Crippen molar-refractivity contribution in [2.45, 2.75) is 161 Å². The number of esters is 2. The first-order valence-corrected chi connectivity index (χ1v) is 23.8. The number of rotatable bonds is 39. The smallest absolute Gasteiger partial charge is 0.462 e. The minimum absolute atomic E-state index is 0.0105. The van der Waals surface area contributed by atoms with Gasteiger partial charge in [0, 0.05) is 12.8 Å². The number of unbranched alkanes of at least 4 members (excludes halogenated alkanes) is 11. The topological polar surface area (TPSA) is 108 Å². The molecule has 0 aromatic carbocycles. The second-order valence-corrected chi connectivity index (χ2v) is 17.2. The van der Waals surface area contributed by atoms with Crippen LogP contribution in [0.2, 0.25) is 0 Å². The van der Waals surface area contributed by atoms with Crippen LogP contribution in [0.4, 0.5) is 0 Å². The average molecular weight is 833 g/mol. The number of likely N-dealkylation sites (N-methyl/N-ethyl adjacent to an activating group) is 1. The maximum absolute atomic E-state index is 12.7. The Labute approximate surface area is 354 Å². The molecule has 1 unspecified atom stereocenters. The molecule has 0 heterocycles. The van der Waals surface area contributed by atoms with Crippen molar-refractivity contribution in [3.05, 3.63) is 85.1 Å². The van der Waals surface area contributed by atoms with E-state index in [1.807, 2.05) is 33.3 Å². The fourth-order valence-electron chi connectivity index (χ4n) is 5.38. The highest BCUT2D eigenvalue weighted by Gasteiger charge is 2.27. The molecule has 0 spiro atoms. The van der Waals surface area contributed by atoms with E-state index in [4.69, 9.17) is 18.5 Å². The van der Waals surface area contributed by atoms with Crippen LogP contribution in [0.15, 0.2) is 85.1 Å². The minimum atomic E-state index is -4.40. The van der Waals surface area contributed by atoms with Gasteiger partial charge in [0.2, 0.25) is 0 Å². The molecule has 0 aromatic heterocycles. The summed E-state index contributed by atoms with van der Waals surface area (Å²) in [6, 6.07) is 0. The number of ether oxygens (including phenoxy) is 2. The summed E-state index contributed by atoms with van der Waals surface area (Å²) in [6.07, 6.45) is 50.8. The third kappa shape index (κ3) is 42.8. The van der Waals surface area contributed by atoms with Gasteiger partial charge in [0.15, 0.2) is 6.10 Å². The molecule has 0 rings (SSSR count). The van der Waals surface area contributed by atoms with E-state index in [1.54, 1.807) is 0 Å². The summed E-state index contributed by atoms with van der Waals surface area (Å²) in [4.78, 5) is 35.3. The van der Waals surface area contributed by atoms with Crippen LogP contribution in [0.5, 0.6) is 0 Å². The van der Waals surface area contributed by atoms with E-state index in [-0.39, 0.29) is 26.1 Å². The normalized spacial score (nSPS) is 14.4. The molecule has 0 aliphatic rings. The van der Waals surface area contributed by atoms with Gasteiger partial charge in [-0.2, -0.15) is 0 Å². The molecule has 0 aliphatic carbocycles. The van der Waals surface area contributed by atoms with Crippen molar-refractivity contribution in [1.82, 2.24) is 0 Å². The predicted molar refractivity (Wildman–Crippen MR) is 242 cm³/mol. The summed E-state index contributed by atoms with van der Waals surface area (Å²) in [6.45, 7) is 4.24. The van der Waals surface area contributed by atoms with E-state index in [1.165, 1.54) is 64.2 Å². The third-order valence-electron chi connectivity index (χ3n) is 8.91. The first kappa shape index (κ1) is 55.2. The monoisotopic (exact) mass is 833 g/mol. The lowest BCUT2D eigenvalue weighted by Crippen LogP contribution is -2.37. The van der Waals surface area contributed by atoms with Gasteiger partial charge in [-0.25, -0.2) is 4.57 Å². The fraction of sp³-hybridized carbons (Fsp3) is 0.667. The molecule has 2 atom stereocenters. The highest BCUT2D eigenvalue weighted by molar-refractivity contribution is 7.47. The van der Waals surface area contributed by atoms with Crippen LogP contribution in [0.3, 0.4) is 0 Å². The van der Waals surface area contributed by atoms with Crippen LogP contribution in [-0.2, 0) is 32.7 Å². The number of quaternary nitrogens is 1. The lowest BCUT2D eigenvalue weighted by Gasteiger charge is -2.24. The van der Waals surface area contributed by atoms with Gasteiger partial charge in [-0.3, -0.25) is 18.6 Å². The van der Waals surface area contributed by atoms with Crippen molar-refractivity contribution < 1.29 is 42.1 Å². The third-order valence-corrected chi connectivity index (χ3v) is 9.90. The molecule has 0 saturated heterocycles. The molecule has 10 heteroatoms. The zero-order valence-electron chi connectivity index (χ0n) is 37.2. The Morgan fingerprint density at radius 3 is 1.48 bits per heavy atom. The quantitative estimate of drug-likeness (QED) is 0.0214. The van der Waals surface area contributed by atoms with Crippen LogP contribution in [0, 0.1) is 0 Å². The standard InChI is InChI=1S/C48H82NO8P/c1-6-8-10-12-14-16-18-20-22-23-24-25-27-28-30-32-34-36-38-40-47(50)54-44-46(45-56-58(52,53)55-43-42-49(3,4)5)57-48(51)41-39-37-35-33-31-29-26-21-19-17-15-13-11-9-7-2/h14,16,20-22,24-26,28,30-31,33-34,36,46H,6-13,15,17-19,23,27,29,32,35,37-45H2,1-5H3/p+1/b16-14+,22-20+,25-24+,26-21+,30-28+,33-31+,36-34+/t46-/m1/s1. The van der Waals surface area contributed by atoms with E-state index in [0.29, 0.717) is 23.9 Å². The first-order chi connectivity index (χ1) is 28.0. The van der Waals surface area contributed by atoms with Crippen molar-refractivity contribution in [1.29, 1.82) is 0 Å². The van der Waals surface area contributed by atoms with E-state index in [2.05, 4.69) is 86.8 Å². The SMILES string of the molecule is CCCCC/C=C/C/C=C/C/C=C/C/C=C/C/C=C/CCC(=O)OC[C@H](COP(=O)(O)OCC[N+](C)(C)C)OC(=O)CCCC/C=C/C/C=C/CCCCCCCC. The highest BCUT2D eigenvalue weighted by Crippen LogP contribution is 2.43. The lowest BCUT2D eigenvalue weighted by molar-refractivity contribution is -0.870. The molecule has 9 nitrogen and oxygen atoms in total. The van der Waals surface area contributed by atoms with Gasteiger partial charge >= 0.3 is 19.8 Å². The molecule has 58 heavy (non-hydrogen) atoms. The van der Waals surface area contributed by atoms with E-state index in [0.717, 1.165) is 51.4 Å². The fourth-order valence-corrected chi connectivity index (χ4v) is 6.12. The van der Waals surface area contributed by atoms with Crippen molar-refractivity contribution >= 4 is 19.8 Å². The van der Waals surface area contributed by atoms with Crippen LogP contribution in [0.1, 0.15) is 155 Å². The van der Waals surface area contributed by atoms with Crippen molar-refractivity contribution in [2.24, 2.45) is 0 Å². The molecule has 0 saturated carbocycles. The van der Waals surface area contributed by atoms with Crippen LogP contribution >= 0.6 is 7.82 Å². The summed E-state index contributed by atoms with van der Waals surface area (Å²) in [7, 11) is 1.41. The van der Waals surface area contributed by atoms with E-state index >= 15 is 0 Å². The summed E-state index contributed by atoms with van der Waals surface area (Å²) >= 11 is 0. The number of nitrogens with zero attached hydrogens (tertiary/aromatic N) is 1. The molecule has 0 radical (unpaired) electrons. The summed E-state index contributed by atoms with van der Waals surface area (Å²) in [5, 5.41) is 0. The van der Waals surface area contributed by atoms with Gasteiger partial charge in [0.05, 0.1) is 27.7 Å². The second kappa shape index (κ2) is 39.6. The van der Waals surface area contributed by atoms with Crippen LogP contribution in [0.25, 0.3) is 0 Å². The Kier molecular flexibility index (Phi) is 37.7. The van der Waals surface area contributed by atoms with Crippen molar-refractivity contribution in [2.75, 3.05) is 47.5 Å². The molecule has 0 amide bonds. The predicted octanol–water partition coefficient (Wildman–Crippen LogP) is 12.8. The molecular formula is C48H83NO8P+. The summed E-state index contributed by atoms with van der Waals surface area (Å²) in [5.74, 6) is -0.941. The van der Waals surface area contributed by atoms with Crippen LogP contribution < -0.4 is 0 Å². The van der Waals surface area contributed by atoms with Gasteiger partial charge < -0.3 is 18.9 Å². The number of carbonyl (C=O) groups excluding carboxylic acids is 2. The maximum atomic E-state index is 12.7. The minimum Gasteiger partial charge on any atom is -0.462 e. The number of phosphoric acid groups is 1. The average Bonchev–Trinajstić information content (AvgIpc) is 3.17. The largest absolute Gasteiger partial charge is 0.472 e. The summed E-state index contributed by atoms with van der Waals surface area (Å²) in [5.41, 5.74) is 0. The Morgan fingerprint density at radius 1 is 0.534 bits per heavy atom. The Morgan fingerprint density at radius 2 is 0.966 bits per heavy atom. The number of hydrogen-bond acceptors (Lipinski definition) is 7. The van der Waals surface area contributed by atoms with Gasteiger partial charge in [-0.15, -0.1) is 0 Å². The molecule has 1 N–H and O–H groups in total. The second-order valence-electron chi connectivity index (χ2n) is 15.7. The molecule has 0 aromatic rings. The zero-order valence-corrected chi connectivity index (χ0v) is 38.1. The van der Waals surface area contributed by atoms with Gasteiger partial charge in [-0.1, -0.05) is 144 Å². The summed E-state index contributed by atoms with van der Waals surface area (Å²) < 4.78 is 34.2. The maximum Gasteiger partial charge on any atom is 0.472 e. The first-order valence-electron chi connectivity index (χ1n) is 22.3. The Balaban J connectivity index is 4.54. The van der Waals surface area contributed by atoms with Crippen molar-refractivity contribution in [3.63, 3.8) is 0 Å². The highest BCUT2D eigenvalue weighted by atomic mass is 31.2. The van der Waals surface area contributed by atoms with Gasteiger partial charge in [0.25, 0.3) is 0 Å². The molecule has 0 aliphatic heterocycles. The Bertz CT molecular complexity index is 1260. The number of allylic oxidation sites excluding steroid dienone is 14. The Hall–Kier alpha value is -2.81. The lowest BCUT2D eigenvalue weighted by atomic mass is 10.1. The molecule has 332 valence electrons. The number of carbonyl (C=O) groups is 2.